The highest BCUT2D eigenvalue weighted by Gasteiger charge is 2.10. The molecular weight excluding hydrogens is 204 g/mol. The Morgan fingerprint density at radius 3 is 2.75 bits per heavy atom. The van der Waals surface area contributed by atoms with Gasteiger partial charge in [-0.1, -0.05) is 12.1 Å². The molecule has 0 spiro atoms. The van der Waals surface area contributed by atoms with Crippen molar-refractivity contribution >= 4 is 5.78 Å². The normalized spacial score (nSPS) is 10.1. The molecule has 0 fully saturated rings. The van der Waals surface area contributed by atoms with Gasteiger partial charge in [-0.25, -0.2) is 4.98 Å². The number of ether oxygens (including phenoxy) is 1. The topological polar surface area (TPSA) is 55.0 Å². The minimum Gasteiger partial charge on any atom is -0.496 e. The zero-order valence-electron chi connectivity index (χ0n) is 9.15. The fraction of sp³-hybridized carbons (Fsp3) is 0.167. The van der Waals surface area contributed by atoms with Gasteiger partial charge in [-0.3, -0.25) is 4.79 Å². The van der Waals surface area contributed by atoms with Gasteiger partial charge in [0, 0.05) is 6.92 Å². The highest BCUT2D eigenvalue weighted by Crippen LogP contribution is 2.26. The molecule has 0 amide bonds. The van der Waals surface area contributed by atoms with E-state index in [-0.39, 0.29) is 5.78 Å². The molecule has 2 rings (SSSR count). The van der Waals surface area contributed by atoms with Gasteiger partial charge in [-0.15, -0.1) is 0 Å². The molecule has 4 nitrogen and oxygen atoms in total. The van der Waals surface area contributed by atoms with Crippen LogP contribution in [0.5, 0.6) is 5.75 Å². The van der Waals surface area contributed by atoms with Crippen molar-refractivity contribution < 1.29 is 9.53 Å². The zero-order chi connectivity index (χ0) is 11.5. The quantitative estimate of drug-likeness (QED) is 0.801. The number of ketones is 1. The number of methoxy groups -OCH3 is 1. The van der Waals surface area contributed by atoms with Gasteiger partial charge in [-0.05, 0) is 12.1 Å². The Kier molecular flexibility index (Phi) is 2.72. The van der Waals surface area contributed by atoms with Crippen molar-refractivity contribution in [2.45, 2.75) is 6.92 Å². The van der Waals surface area contributed by atoms with E-state index in [0.717, 1.165) is 11.3 Å². The van der Waals surface area contributed by atoms with Crippen molar-refractivity contribution in [3.63, 3.8) is 0 Å². The number of H-pyrrole nitrogens is 1. The average molecular weight is 216 g/mol. The minimum atomic E-state index is -0.0337. The first-order valence-corrected chi connectivity index (χ1v) is 4.91. The molecule has 1 aromatic heterocycles. The summed E-state index contributed by atoms with van der Waals surface area (Å²) in [5.74, 6) is 1.34. The van der Waals surface area contributed by atoms with E-state index in [1.165, 1.54) is 13.1 Å². The molecule has 2 aromatic rings. The van der Waals surface area contributed by atoms with Crippen molar-refractivity contribution in [3.05, 3.63) is 36.2 Å². The Morgan fingerprint density at radius 1 is 1.38 bits per heavy atom. The van der Waals surface area contributed by atoms with Crippen LogP contribution >= 0.6 is 0 Å². The van der Waals surface area contributed by atoms with E-state index in [2.05, 4.69) is 9.97 Å². The number of benzene rings is 1. The molecular formula is C12H12N2O2. The van der Waals surface area contributed by atoms with Crippen molar-refractivity contribution in [3.8, 4) is 17.1 Å². The molecule has 0 aliphatic carbocycles. The summed E-state index contributed by atoms with van der Waals surface area (Å²) in [4.78, 5) is 18.3. The maximum absolute atomic E-state index is 11.1. The molecule has 4 heteroatoms. The van der Waals surface area contributed by atoms with Crippen LogP contribution in [-0.2, 0) is 0 Å². The summed E-state index contributed by atoms with van der Waals surface area (Å²) >= 11 is 0. The Bertz CT molecular complexity index is 517. The van der Waals surface area contributed by atoms with Crippen LogP contribution in [0.3, 0.4) is 0 Å². The number of nitrogens with zero attached hydrogens (tertiary/aromatic N) is 1. The fourth-order valence-corrected chi connectivity index (χ4v) is 1.48. The molecule has 1 aromatic carbocycles. The van der Waals surface area contributed by atoms with E-state index in [1.807, 2.05) is 24.3 Å². The second-order valence-corrected chi connectivity index (χ2v) is 3.40. The zero-order valence-corrected chi connectivity index (χ0v) is 9.15. The predicted octanol–water partition coefficient (Wildman–Crippen LogP) is 2.29. The molecule has 0 radical (unpaired) electrons. The second-order valence-electron chi connectivity index (χ2n) is 3.40. The highest BCUT2D eigenvalue weighted by molar-refractivity contribution is 5.92. The van der Waals surface area contributed by atoms with E-state index in [9.17, 15) is 4.79 Å². The number of carbonyl (C=O) groups is 1. The molecule has 82 valence electrons. The van der Waals surface area contributed by atoms with Gasteiger partial charge >= 0.3 is 0 Å². The molecule has 0 unspecified atom stereocenters. The van der Waals surface area contributed by atoms with E-state index in [0.29, 0.717) is 11.5 Å². The lowest BCUT2D eigenvalue weighted by Gasteiger charge is -2.04. The lowest BCUT2D eigenvalue weighted by Crippen LogP contribution is -1.92. The van der Waals surface area contributed by atoms with Crippen LogP contribution in [0.15, 0.2) is 30.5 Å². The van der Waals surface area contributed by atoms with Crippen molar-refractivity contribution in [1.29, 1.82) is 0 Å². The number of hydrogen-bond acceptors (Lipinski definition) is 3. The number of para-hydroxylation sites is 1. The maximum atomic E-state index is 11.1. The molecule has 1 heterocycles. The molecule has 0 aliphatic heterocycles. The highest BCUT2D eigenvalue weighted by atomic mass is 16.5. The molecule has 0 bridgehead atoms. The van der Waals surface area contributed by atoms with E-state index in [1.54, 1.807) is 7.11 Å². The number of rotatable bonds is 3. The van der Waals surface area contributed by atoms with Crippen LogP contribution in [-0.4, -0.2) is 22.9 Å². The number of nitrogens with one attached hydrogen (secondary N) is 1. The summed E-state index contributed by atoms with van der Waals surface area (Å²) < 4.78 is 5.22. The smallest absolute Gasteiger partial charge is 0.177 e. The minimum absolute atomic E-state index is 0.0337. The second kappa shape index (κ2) is 4.18. The summed E-state index contributed by atoms with van der Waals surface area (Å²) in [6.07, 6.45) is 1.53. The number of hydrogen-bond donors (Lipinski definition) is 1. The first-order chi connectivity index (χ1) is 7.72. The summed E-state index contributed by atoms with van der Waals surface area (Å²) in [6, 6.07) is 7.53. The predicted molar refractivity (Wildman–Crippen MR) is 60.6 cm³/mol. The van der Waals surface area contributed by atoms with Crippen LogP contribution in [0.25, 0.3) is 11.4 Å². The number of carbonyl (C=O) groups excluding carboxylic acids is 1. The summed E-state index contributed by atoms with van der Waals surface area (Å²) in [5, 5.41) is 0. The SMILES string of the molecule is COc1ccccc1-c1ncc(C(C)=O)[nH]1. The monoisotopic (exact) mass is 216 g/mol. The van der Waals surface area contributed by atoms with Crippen LogP contribution in [0, 0.1) is 0 Å². The van der Waals surface area contributed by atoms with Crippen molar-refractivity contribution in [1.82, 2.24) is 9.97 Å². The number of Topliss-reactive ketones (excluding diaryl/α,β-unsaturated/α-hetero) is 1. The first kappa shape index (κ1) is 10.4. The van der Waals surface area contributed by atoms with Gasteiger partial charge in [0.05, 0.1) is 18.9 Å². The largest absolute Gasteiger partial charge is 0.496 e. The molecule has 0 saturated heterocycles. The first-order valence-electron chi connectivity index (χ1n) is 4.91. The third-order valence-corrected chi connectivity index (χ3v) is 2.32. The average Bonchev–Trinajstić information content (AvgIpc) is 2.78. The number of aromatic amines is 1. The third kappa shape index (κ3) is 1.82. The van der Waals surface area contributed by atoms with Crippen LogP contribution < -0.4 is 4.74 Å². The summed E-state index contributed by atoms with van der Waals surface area (Å²) in [5.41, 5.74) is 1.35. The van der Waals surface area contributed by atoms with Gasteiger partial charge in [-0.2, -0.15) is 0 Å². The van der Waals surface area contributed by atoms with Crippen LogP contribution in [0.4, 0.5) is 0 Å². The fourth-order valence-electron chi connectivity index (χ4n) is 1.48. The molecule has 1 N–H and O–H groups in total. The van der Waals surface area contributed by atoms with Gasteiger partial charge in [0.25, 0.3) is 0 Å². The van der Waals surface area contributed by atoms with Crippen molar-refractivity contribution in [2.24, 2.45) is 0 Å². The summed E-state index contributed by atoms with van der Waals surface area (Å²) in [6.45, 7) is 1.50. The molecule has 0 aliphatic rings. The summed E-state index contributed by atoms with van der Waals surface area (Å²) in [7, 11) is 1.60. The Labute approximate surface area is 93.3 Å². The number of imidazole rings is 1. The number of aromatic nitrogens is 2. The van der Waals surface area contributed by atoms with E-state index in [4.69, 9.17) is 4.74 Å². The van der Waals surface area contributed by atoms with Gasteiger partial charge in [0.2, 0.25) is 0 Å². The van der Waals surface area contributed by atoms with Gasteiger partial charge < -0.3 is 9.72 Å². The Balaban J connectivity index is 2.46. The standard InChI is InChI=1S/C12H12N2O2/c1-8(15)10-7-13-12(14-10)9-5-3-4-6-11(9)16-2/h3-7H,1-2H3,(H,13,14). The molecule has 0 saturated carbocycles. The van der Waals surface area contributed by atoms with Crippen molar-refractivity contribution in [2.75, 3.05) is 7.11 Å². The molecule has 0 atom stereocenters. The lowest BCUT2D eigenvalue weighted by molar-refractivity contribution is 0.101. The van der Waals surface area contributed by atoms with Crippen LogP contribution in [0.1, 0.15) is 17.4 Å². The lowest BCUT2D eigenvalue weighted by atomic mass is 10.2. The maximum Gasteiger partial charge on any atom is 0.177 e. The van der Waals surface area contributed by atoms with Gasteiger partial charge in [0.1, 0.15) is 17.3 Å². The Hall–Kier alpha value is -2.10. The van der Waals surface area contributed by atoms with Crippen LogP contribution in [0.2, 0.25) is 0 Å². The molecule has 16 heavy (non-hydrogen) atoms. The van der Waals surface area contributed by atoms with Gasteiger partial charge in [0.15, 0.2) is 5.78 Å². The van der Waals surface area contributed by atoms with E-state index < -0.39 is 0 Å². The van der Waals surface area contributed by atoms with E-state index >= 15 is 0 Å². The Morgan fingerprint density at radius 2 is 2.12 bits per heavy atom. The third-order valence-electron chi connectivity index (χ3n) is 2.32.